The van der Waals surface area contributed by atoms with E-state index >= 15 is 0 Å². The molecular formula is C31H33N7. The summed E-state index contributed by atoms with van der Waals surface area (Å²) in [7, 11) is 2.06. The Morgan fingerprint density at radius 1 is 0.895 bits per heavy atom. The third-order valence-corrected chi connectivity index (χ3v) is 7.77. The second kappa shape index (κ2) is 10.4. The van der Waals surface area contributed by atoms with Gasteiger partial charge in [-0.25, -0.2) is 15.0 Å². The lowest BCUT2D eigenvalue weighted by Gasteiger charge is -2.36. The number of likely N-dealkylation sites (tertiary alicyclic amines) is 1. The number of nitrogens with two attached hydrogens (primary N) is 1. The van der Waals surface area contributed by atoms with Gasteiger partial charge >= 0.3 is 0 Å². The van der Waals surface area contributed by atoms with Gasteiger partial charge in [-0.05, 0) is 68.8 Å². The van der Waals surface area contributed by atoms with Gasteiger partial charge in [-0.2, -0.15) is 0 Å². The van der Waals surface area contributed by atoms with E-state index in [2.05, 4.69) is 70.1 Å². The van der Waals surface area contributed by atoms with Crippen molar-refractivity contribution in [3.05, 3.63) is 90.6 Å². The summed E-state index contributed by atoms with van der Waals surface area (Å²) < 4.78 is 2.10. The number of hydrogen-bond donors (Lipinski definition) is 2. The van der Waals surface area contributed by atoms with Crippen molar-refractivity contribution in [1.29, 1.82) is 0 Å². The molecule has 0 radical (unpaired) electrons. The third kappa shape index (κ3) is 4.55. The summed E-state index contributed by atoms with van der Waals surface area (Å²) >= 11 is 0. The molecule has 1 saturated heterocycles. The van der Waals surface area contributed by atoms with Gasteiger partial charge in [-0.1, -0.05) is 42.5 Å². The smallest absolute Gasteiger partial charge is 0.165 e. The molecule has 1 aliphatic heterocycles. The van der Waals surface area contributed by atoms with Gasteiger partial charge in [-0.15, -0.1) is 0 Å². The average Bonchev–Trinajstić information content (AvgIpc) is 3.36. The van der Waals surface area contributed by atoms with E-state index in [4.69, 9.17) is 15.7 Å². The number of nitrogen functional groups attached to an aromatic ring is 1. The number of benzene rings is 2. The number of rotatable bonds is 6. The normalized spacial score (nSPS) is 15.6. The molecule has 0 saturated carbocycles. The first-order chi connectivity index (χ1) is 18.6. The van der Waals surface area contributed by atoms with Crippen molar-refractivity contribution in [2.45, 2.75) is 31.8 Å². The number of anilines is 1. The van der Waals surface area contributed by atoms with E-state index in [9.17, 15) is 0 Å². The predicted molar refractivity (Wildman–Crippen MR) is 154 cm³/mol. The highest BCUT2D eigenvalue weighted by atomic mass is 15.2. The van der Waals surface area contributed by atoms with Crippen molar-refractivity contribution in [1.82, 2.24) is 29.7 Å². The molecule has 38 heavy (non-hydrogen) atoms. The van der Waals surface area contributed by atoms with Gasteiger partial charge in [-0.3, -0.25) is 9.47 Å². The van der Waals surface area contributed by atoms with Crippen LogP contribution in [0, 0.1) is 0 Å². The molecule has 4 heterocycles. The van der Waals surface area contributed by atoms with Gasteiger partial charge in [0.2, 0.25) is 0 Å². The molecule has 7 heteroatoms. The summed E-state index contributed by atoms with van der Waals surface area (Å²) in [6, 6.07) is 27.9. The molecule has 3 aromatic heterocycles. The van der Waals surface area contributed by atoms with Crippen molar-refractivity contribution in [3.63, 3.8) is 0 Å². The van der Waals surface area contributed by atoms with Gasteiger partial charge in [0.1, 0.15) is 11.3 Å². The summed E-state index contributed by atoms with van der Waals surface area (Å²) in [6.45, 7) is 4.52. The van der Waals surface area contributed by atoms with Crippen LogP contribution >= 0.6 is 0 Å². The van der Waals surface area contributed by atoms with Crippen LogP contribution in [0.3, 0.4) is 0 Å². The summed E-state index contributed by atoms with van der Waals surface area (Å²) in [5.74, 6) is 1.18. The zero-order valence-electron chi connectivity index (χ0n) is 21.9. The van der Waals surface area contributed by atoms with Crippen LogP contribution in [0.2, 0.25) is 0 Å². The summed E-state index contributed by atoms with van der Waals surface area (Å²) in [5, 5.41) is 3.42. The quantitative estimate of drug-likeness (QED) is 0.319. The highest BCUT2D eigenvalue weighted by Crippen LogP contribution is 2.32. The number of nitrogens with one attached hydrogen (secondary N) is 1. The Hall–Kier alpha value is -4.07. The Morgan fingerprint density at radius 2 is 1.66 bits per heavy atom. The van der Waals surface area contributed by atoms with Crippen LogP contribution in [0.25, 0.3) is 39.5 Å². The minimum Gasteiger partial charge on any atom is -0.383 e. The number of imidazole rings is 1. The molecule has 1 unspecified atom stereocenters. The monoisotopic (exact) mass is 503 g/mol. The first-order valence-electron chi connectivity index (χ1n) is 13.3. The van der Waals surface area contributed by atoms with Gasteiger partial charge in [0.15, 0.2) is 11.5 Å². The molecule has 0 aliphatic carbocycles. The zero-order valence-corrected chi connectivity index (χ0v) is 21.9. The van der Waals surface area contributed by atoms with E-state index in [1.54, 1.807) is 6.20 Å². The molecular weight excluding hydrogens is 470 g/mol. The van der Waals surface area contributed by atoms with Crippen molar-refractivity contribution in [2.24, 2.45) is 0 Å². The molecule has 1 aliphatic rings. The minimum absolute atomic E-state index is 0.359. The van der Waals surface area contributed by atoms with E-state index in [0.717, 1.165) is 52.6 Å². The Morgan fingerprint density at radius 3 is 2.37 bits per heavy atom. The number of aromatic nitrogens is 4. The fraction of sp³-hybridized carbons (Fsp3) is 0.258. The highest BCUT2D eigenvalue weighted by molar-refractivity contribution is 5.84. The van der Waals surface area contributed by atoms with Crippen LogP contribution in [0.15, 0.2) is 85.1 Å². The number of piperidine rings is 1. The maximum Gasteiger partial charge on any atom is 0.165 e. The maximum absolute atomic E-state index is 6.31. The second-order valence-electron chi connectivity index (χ2n) is 9.98. The minimum atomic E-state index is 0.359. The number of fused-ring (bicyclic) bond motifs is 1. The summed E-state index contributed by atoms with van der Waals surface area (Å²) in [6.07, 6.45) is 4.07. The molecule has 3 N–H and O–H groups in total. The number of nitrogens with zero attached hydrogens (tertiary/aromatic N) is 5. The standard InChI is InChI=1S/C31H33N7/c1-21(37-19-16-24(33-2)17-20-37)22-10-12-25(13-11-22)38-30(26-9-6-18-34-29(26)32)36-28-15-14-27(35-31(28)38)23-7-4-3-5-8-23/h3-15,18,21,24,33H,16-17,19-20H2,1-2H3,(H2,32,34). The lowest BCUT2D eigenvalue weighted by molar-refractivity contribution is 0.155. The van der Waals surface area contributed by atoms with Gasteiger partial charge in [0.25, 0.3) is 0 Å². The average molecular weight is 504 g/mol. The van der Waals surface area contributed by atoms with Gasteiger partial charge < -0.3 is 11.1 Å². The van der Waals surface area contributed by atoms with Gasteiger partial charge in [0, 0.05) is 42.6 Å². The van der Waals surface area contributed by atoms with Crippen LogP contribution in [0.4, 0.5) is 5.82 Å². The maximum atomic E-state index is 6.31. The third-order valence-electron chi connectivity index (χ3n) is 7.77. The largest absolute Gasteiger partial charge is 0.383 e. The lowest BCUT2D eigenvalue weighted by atomic mass is 10.00. The predicted octanol–water partition coefficient (Wildman–Crippen LogP) is 5.48. The molecule has 7 nitrogen and oxygen atoms in total. The Kier molecular flexibility index (Phi) is 6.62. The lowest BCUT2D eigenvalue weighted by Crippen LogP contribution is -2.42. The Labute approximate surface area is 223 Å². The van der Waals surface area contributed by atoms with Crippen molar-refractivity contribution < 1.29 is 0 Å². The van der Waals surface area contributed by atoms with Crippen LogP contribution in [0.5, 0.6) is 0 Å². The molecule has 192 valence electrons. The Balaban J connectivity index is 1.42. The summed E-state index contributed by atoms with van der Waals surface area (Å²) in [4.78, 5) is 16.9. The molecule has 0 spiro atoms. The molecule has 6 rings (SSSR count). The second-order valence-corrected chi connectivity index (χ2v) is 9.98. The van der Waals surface area contributed by atoms with E-state index in [1.807, 2.05) is 42.5 Å². The van der Waals surface area contributed by atoms with Gasteiger partial charge in [0.05, 0.1) is 11.3 Å². The number of pyridine rings is 2. The first kappa shape index (κ1) is 24.3. The van der Waals surface area contributed by atoms with E-state index < -0.39 is 0 Å². The van der Waals surface area contributed by atoms with E-state index in [1.165, 1.54) is 18.4 Å². The van der Waals surface area contributed by atoms with Crippen molar-refractivity contribution in [3.8, 4) is 28.3 Å². The molecule has 2 aromatic carbocycles. The first-order valence-corrected chi connectivity index (χ1v) is 13.3. The van der Waals surface area contributed by atoms with E-state index in [0.29, 0.717) is 17.9 Å². The zero-order chi connectivity index (χ0) is 26.1. The van der Waals surface area contributed by atoms with Crippen LogP contribution in [-0.4, -0.2) is 50.6 Å². The van der Waals surface area contributed by atoms with E-state index in [-0.39, 0.29) is 0 Å². The SMILES string of the molecule is CNC1CCN(C(C)c2ccc(-n3c(-c4cccnc4N)nc4ccc(-c5ccccc5)nc43)cc2)CC1. The molecule has 5 aromatic rings. The fourth-order valence-corrected chi connectivity index (χ4v) is 5.45. The summed E-state index contributed by atoms with van der Waals surface area (Å²) in [5.41, 5.74) is 13.0. The van der Waals surface area contributed by atoms with Crippen LogP contribution in [-0.2, 0) is 0 Å². The topological polar surface area (TPSA) is 84.9 Å². The molecule has 0 amide bonds. The van der Waals surface area contributed by atoms with Crippen LogP contribution < -0.4 is 11.1 Å². The Bertz CT molecular complexity index is 1530. The molecule has 0 bridgehead atoms. The molecule has 1 atom stereocenters. The van der Waals surface area contributed by atoms with Crippen LogP contribution in [0.1, 0.15) is 31.4 Å². The van der Waals surface area contributed by atoms with Crippen molar-refractivity contribution >= 4 is 17.0 Å². The molecule has 1 fully saturated rings. The number of hydrogen-bond acceptors (Lipinski definition) is 6. The highest BCUT2D eigenvalue weighted by Gasteiger charge is 2.23. The van der Waals surface area contributed by atoms with Crippen molar-refractivity contribution in [2.75, 3.05) is 25.9 Å². The fourth-order valence-electron chi connectivity index (χ4n) is 5.45.